The molecular weight excluding hydrogens is 386 g/mol. The monoisotopic (exact) mass is 412 g/mol. The number of hydrogen-bond acceptors (Lipinski definition) is 6. The first-order valence-electron chi connectivity index (χ1n) is 9.28. The molecule has 0 atom stereocenters. The number of halogens is 2. The minimum Gasteiger partial charge on any atom is -0.493 e. The number of carbonyl (C=O) groups is 2. The Morgan fingerprint density at radius 3 is 2.55 bits per heavy atom. The van der Waals surface area contributed by atoms with Crippen molar-refractivity contribution in [1.82, 2.24) is 10.2 Å². The average molecular weight is 412 g/mol. The number of rotatable bonds is 8. The van der Waals surface area contributed by atoms with E-state index >= 15 is 0 Å². The van der Waals surface area contributed by atoms with E-state index in [0.29, 0.717) is 31.5 Å². The highest BCUT2D eigenvalue weighted by atomic mass is 19.3. The third-order valence-electron chi connectivity index (χ3n) is 4.70. The van der Waals surface area contributed by atoms with Crippen molar-refractivity contribution in [3.8, 4) is 11.5 Å². The number of nitrogens with zero attached hydrogens (tertiary/aromatic N) is 1. The fourth-order valence-corrected chi connectivity index (χ4v) is 3.08. The van der Waals surface area contributed by atoms with Gasteiger partial charge in [0.05, 0.1) is 13.7 Å². The lowest BCUT2D eigenvalue weighted by Crippen LogP contribution is -2.60. The van der Waals surface area contributed by atoms with E-state index in [1.807, 2.05) is 7.05 Å². The van der Waals surface area contributed by atoms with Crippen LogP contribution in [-0.2, 0) is 14.3 Å². The predicted molar refractivity (Wildman–Crippen MR) is 103 cm³/mol. The molecule has 7 nitrogen and oxygen atoms in total. The van der Waals surface area contributed by atoms with Crippen LogP contribution in [-0.4, -0.2) is 62.8 Å². The molecule has 1 heterocycles. The van der Waals surface area contributed by atoms with E-state index in [4.69, 9.17) is 9.47 Å². The van der Waals surface area contributed by atoms with Crippen molar-refractivity contribution < 1.29 is 32.6 Å². The van der Waals surface area contributed by atoms with Crippen LogP contribution in [0.3, 0.4) is 0 Å². The molecule has 1 aliphatic heterocycles. The number of hydrogen-bond donors (Lipinski definition) is 1. The van der Waals surface area contributed by atoms with Crippen LogP contribution >= 0.6 is 0 Å². The van der Waals surface area contributed by atoms with Gasteiger partial charge in [-0.25, -0.2) is 4.79 Å². The largest absolute Gasteiger partial charge is 0.493 e. The van der Waals surface area contributed by atoms with Gasteiger partial charge in [0, 0.05) is 19.2 Å². The number of carbonyl (C=O) groups excluding carboxylic acids is 2. The van der Waals surface area contributed by atoms with Crippen LogP contribution in [0.15, 0.2) is 24.3 Å². The summed E-state index contributed by atoms with van der Waals surface area (Å²) in [5, 5.41) is 2.79. The molecule has 1 amide bonds. The molecule has 29 heavy (non-hydrogen) atoms. The maximum Gasteiger partial charge on any atom is 0.387 e. The van der Waals surface area contributed by atoms with Crippen molar-refractivity contribution in [3.05, 3.63) is 29.8 Å². The first-order chi connectivity index (χ1) is 13.8. The minimum absolute atomic E-state index is 0.100. The molecule has 0 bridgehead atoms. The number of esters is 1. The lowest BCUT2D eigenvalue weighted by molar-refractivity contribution is -0.155. The number of methoxy groups -OCH3 is 1. The highest BCUT2D eigenvalue weighted by molar-refractivity contribution is 5.96. The molecule has 0 aromatic heterocycles. The Kier molecular flexibility index (Phi) is 7.95. The summed E-state index contributed by atoms with van der Waals surface area (Å²) in [5.41, 5.74) is -0.511. The molecule has 1 saturated heterocycles. The molecule has 9 heteroatoms. The van der Waals surface area contributed by atoms with Crippen molar-refractivity contribution in [2.75, 3.05) is 33.9 Å². The Bertz CT molecular complexity index is 746. The van der Waals surface area contributed by atoms with Gasteiger partial charge in [0.2, 0.25) is 5.91 Å². The highest BCUT2D eigenvalue weighted by Crippen LogP contribution is 2.30. The second-order valence-electron chi connectivity index (χ2n) is 6.72. The number of piperidine rings is 1. The molecule has 1 aromatic carbocycles. The second-order valence-corrected chi connectivity index (χ2v) is 6.72. The van der Waals surface area contributed by atoms with Gasteiger partial charge in [-0.2, -0.15) is 8.78 Å². The second kappa shape index (κ2) is 10.2. The van der Waals surface area contributed by atoms with Gasteiger partial charge in [-0.1, -0.05) is 6.07 Å². The molecule has 160 valence electrons. The first kappa shape index (κ1) is 22.6. The van der Waals surface area contributed by atoms with Crippen LogP contribution in [0, 0.1) is 0 Å². The van der Waals surface area contributed by atoms with E-state index in [9.17, 15) is 18.4 Å². The van der Waals surface area contributed by atoms with Crippen LogP contribution < -0.4 is 14.8 Å². The summed E-state index contributed by atoms with van der Waals surface area (Å²) in [6.07, 6.45) is 3.68. The molecule has 0 aliphatic carbocycles. The Morgan fingerprint density at radius 2 is 1.97 bits per heavy atom. The Morgan fingerprint density at radius 1 is 1.28 bits per heavy atom. The molecule has 0 spiro atoms. The molecule has 2 rings (SSSR count). The molecule has 1 aromatic rings. The average Bonchev–Trinajstić information content (AvgIpc) is 2.69. The molecule has 0 unspecified atom stereocenters. The number of benzene rings is 1. The summed E-state index contributed by atoms with van der Waals surface area (Å²) >= 11 is 0. The zero-order chi connectivity index (χ0) is 21.4. The summed E-state index contributed by atoms with van der Waals surface area (Å²) in [7, 11) is 3.28. The van der Waals surface area contributed by atoms with Gasteiger partial charge >= 0.3 is 12.6 Å². The third kappa shape index (κ3) is 6.15. The van der Waals surface area contributed by atoms with E-state index in [-0.39, 0.29) is 18.1 Å². The maximum absolute atomic E-state index is 12.5. The summed E-state index contributed by atoms with van der Waals surface area (Å²) in [4.78, 5) is 27.0. The Labute approximate surface area is 168 Å². The van der Waals surface area contributed by atoms with Crippen molar-refractivity contribution in [1.29, 1.82) is 0 Å². The first-order valence-corrected chi connectivity index (χ1v) is 9.28. The summed E-state index contributed by atoms with van der Waals surface area (Å²) < 4.78 is 39.4. The van der Waals surface area contributed by atoms with Gasteiger partial charge in [-0.3, -0.25) is 4.79 Å². The molecule has 0 saturated carbocycles. The third-order valence-corrected chi connectivity index (χ3v) is 4.70. The zero-order valence-corrected chi connectivity index (χ0v) is 16.7. The van der Waals surface area contributed by atoms with Crippen LogP contribution in [0.25, 0.3) is 6.08 Å². The van der Waals surface area contributed by atoms with Crippen LogP contribution in [0.2, 0.25) is 0 Å². The summed E-state index contributed by atoms with van der Waals surface area (Å²) in [6, 6.07) is 4.32. The van der Waals surface area contributed by atoms with Crippen molar-refractivity contribution in [3.63, 3.8) is 0 Å². The lowest BCUT2D eigenvalue weighted by Gasteiger charge is -2.38. The number of amides is 1. The van der Waals surface area contributed by atoms with Crippen LogP contribution in [0.5, 0.6) is 11.5 Å². The smallest absolute Gasteiger partial charge is 0.387 e. The molecule has 0 radical (unpaired) electrons. The van der Waals surface area contributed by atoms with Gasteiger partial charge < -0.3 is 24.4 Å². The molecular formula is C20H26F2N2O5. The number of nitrogens with one attached hydrogen (secondary N) is 1. The highest BCUT2D eigenvalue weighted by Gasteiger charge is 2.43. The normalized spacial score (nSPS) is 16.6. The molecule has 1 aliphatic rings. The summed E-state index contributed by atoms with van der Waals surface area (Å²) in [5.74, 6) is -0.873. The van der Waals surface area contributed by atoms with E-state index in [2.05, 4.69) is 15.0 Å². The van der Waals surface area contributed by atoms with E-state index in [0.717, 1.165) is 0 Å². The lowest BCUT2D eigenvalue weighted by atomic mass is 9.87. The van der Waals surface area contributed by atoms with Crippen molar-refractivity contribution in [2.45, 2.75) is 31.9 Å². The SMILES string of the molecule is CCOC(=O)C1(NC(=O)C=Cc2ccc(OC(F)F)c(OC)c2)CCN(C)CC1. The molecule has 1 fully saturated rings. The van der Waals surface area contributed by atoms with E-state index < -0.39 is 24.0 Å². The standard InChI is InChI=1S/C20H26F2N2O5/c1-4-28-18(26)20(9-11-24(2)12-10-20)23-17(25)8-6-14-5-7-15(29-19(21)22)16(13-14)27-3/h5-8,13,19H,4,9-12H2,1-3H3,(H,23,25). The fraction of sp³-hybridized carbons (Fsp3) is 0.500. The van der Waals surface area contributed by atoms with Crippen molar-refractivity contribution >= 4 is 18.0 Å². The molecule has 1 N–H and O–H groups in total. The van der Waals surface area contributed by atoms with Crippen LogP contribution in [0.1, 0.15) is 25.3 Å². The Balaban J connectivity index is 2.11. The Hall–Kier alpha value is -2.68. The van der Waals surface area contributed by atoms with Crippen LogP contribution in [0.4, 0.5) is 8.78 Å². The number of alkyl halides is 2. The zero-order valence-electron chi connectivity index (χ0n) is 16.7. The van der Waals surface area contributed by atoms with Gasteiger partial charge in [0.25, 0.3) is 0 Å². The topological polar surface area (TPSA) is 77.1 Å². The van der Waals surface area contributed by atoms with Gasteiger partial charge in [0.1, 0.15) is 5.54 Å². The van der Waals surface area contributed by atoms with Gasteiger partial charge in [-0.05, 0) is 50.6 Å². The quantitative estimate of drug-likeness (QED) is 0.522. The predicted octanol–water partition coefficient (Wildman–Crippen LogP) is 2.45. The maximum atomic E-state index is 12.5. The number of likely N-dealkylation sites (tertiary alicyclic amines) is 1. The van der Waals surface area contributed by atoms with E-state index in [1.165, 1.54) is 37.5 Å². The van der Waals surface area contributed by atoms with Gasteiger partial charge in [-0.15, -0.1) is 0 Å². The number of ether oxygens (including phenoxy) is 3. The minimum atomic E-state index is -2.97. The van der Waals surface area contributed by atoms with Crippen molar-refractivity contribution in [2.24, 2.45) is 0 Å². The fourth-order valence-electron chi connectivity index (χ4n) is 3.08. The van der Waals surface area contributed by atoms with E-state index in [1.54, 1.807) is 6.92 Å². The van der Waals surface area contributed by atoms with Gasteiger partial charge in [0.15, 0.2) is 11.5 Å². The summed E-state index contributed by atoms with van der Waals surface area (Å²) in [6.45, 7) is 0.299.